The van der Waals surface area contributed by atoms with E-state index in [1.54, 1.807) is 6.08 Å². The summed E-state index contributed by atoms with van der Waals surface area (Å²) in [5, 5.41) is 1.93. The van der Waals surface area contributed by atoms with Gasteiger partial charge < -0.3 is 4.74 Å². The van der Waals surface area contributed by atoms with Crippen LogP contribution in [0.15, 0.2) is 100 Å². The number of nitrogens with zero attached hydrogens (tertiary/aromatic N) is 1. The molecule has 34 heavy (non-hydrogen) atoms. The van der Waals surface area contributed by atoms with Gasteiger partial charge in [-0.3, -0.25) is 14.5 Å². The number of hydrogen-bond donors (Lipinski definition) is 0. The summed E-state index contributed by atoms with van der Waals surface area (Å²) < 4.78 is 6.89. The van der Waals surface area contributed by atoms with Crippen LogP contribution in [0.1, 0.15) is 16.7 Å². The first-order valence-electron chi connectivity index (χ1n) is 10.8. The molecule has 0 atom stereocenters. The molecular weight excluding hydrogens is 510 g/mol. The van der Waals surface area contributed by atoms with E-state index in [1.807, 2.05) is 91.0 Å². The number of amides is 2. The molecule has 1 saturated heterocycles. The van der Waals surface area contributed by atoms with Gasteiger partial charge in [-0.2, -0.15) is 0 Å². The van der Waals surface area contributed by atoms with Crippen molar-refractivity contribution in [3.63, 3.8) is 0 Å². The van der Waals surface area contributed by atoms with Crippen molar-refractivity contribution in [2.75, 3.05) is 0 Å². The van der Waals surface area contributed by atoms with E-state index in [9.17, 15) is 9.59 Å². The number of ether oxygens (including phenoxy) is 1. The molecule has 6 heteroatoms. The molecule has 0 aliphatic carbocycles. The zero-order chi connectivity index (χ0) is 23.5. The van der Waals surface area contributed by atoms with Crippen LogP contribution in [0.5, 0.6) is 5.75 Å². The van der Waals surface area contributed by atoms with E-state index in [-0.39, 0.29) is 17.7 Å². The minimum Gasteiger partial charge on any atom is -0.488 e. The van der Waals surface area contributed by atoms with Crippen LogP contribution in [0.3, 0.4) is 0 Å². The minimum absolute atomic E-state index is 0.239. The Morgan fingerprint density at radius 1 is 0.824 bits per heavy atom. The molecule has 4 nitrogen and oxygen atoms in total. The van der Waals surface area contributed by atoms with Crippen LogP contribution in [-0.4, -0.2) is 16.0 Å². The predicted molar refractivity (Wildman–Crippen MR) is 140 cm³/mol. The van der Waals surface area contributed by atoms with Crippen molar-refractivity contribution >= 4 is 55.7 Å². The Hall–Kier alpha value is -3.35. The highest BCUT2D eigenvalue weighted by atomic mass is 79.9. The second-order valence-corrected chi connectivity index (χ2v) is 9.81. The van der Waals surface area contributed by atoms with Gasteiger partial charge in [0.1, 0.15) is 12.4 Å². The second-order valence-electron chi connectivity index (χ2n) is 7.91. The molecule has 1 heterocycles. The summed E-state index contributed by atoms with van der Waals surface area (Å²) in [5.74, 6) is 0.352. The van der Waals surface area contributed by atoms with Crippen molar-refractivity contribution < 1.29 is 14.3 Å². The van der Waals surface area contributed by atoms with Crippen LogP contribution in [0.2, 0.25) is 0 Å². The molecular formula is C28H20BrNO3S. The highest BCUT2D eigenvalue weighted by Gasteiger charge is 2.35. The molecule has 0 bridgehead atoms. The van der Waals surface area contributed by atoms with Crippen LogP contribution in [-0.2, 0) is 17.9 Å². The van der Waals surface area contributed by atoms with Crippen molar-refractivity contribution in [1.29, 1.82) is 0 Å². The van der Waals surface area contributed by atoms with Gasteiger partial charge in [0.25, 0.3) is 11.1 Å². The monoisotopic (exact) mass is 529 g/mol. The van der Waals surface area contributed by atoms with Crippen LogP contribution < -0.4 is 4.74 Å². The number of fused-ring (bicyclic) bond motifs is 1. The summed E-state index contributed by atoms with van der Waals surface area (Å²) in [7, 11) is 0. The Balaban J connectivity index is 1.37. The molecule has 0 spiro atoms. The topological polar surface area (TPSA) is 46.6 Å². The van der Waals surface area contributed by atoms with E-state index in [1.165, 1.54) is 4.90 Å². The highest BCUT2D eigenvalue weighted by Crippen LogP contribution is 2.36. The van der Waals surface area contributed by atoms with Gasteiger partial charge in [-0.05, 0) is 64.0 Å². The van der Waals surface area contributed by atoms with E-state index in [0.29, 0.717) is 17.3 Å². The molecule has 1 aliphatic heterocycles. The van der Waals surface area contributed by atoms with E-state index in [2.05, 4.69) is 15.9 Å². The Morgan fingerprint density at radius 3 is 2.41 bits per heavy atom. The zero-order valence-electron chi connectivity index (χ0n) is 18.1. The third-order valence-corrected chi connectivity index (χ3v) is 6.92. The molecule has 5 rings (SSSR count). The van der Waals surface area contributed by atoms with Gasteiger partial charge in [0.15, 0.2) is 0 Å². The van der Waals surface area contributed by atoms with Crippen LogP contribution >= 0.6 is 27.7 Å². The molecule has 168 valence electrons. The fourth-order valence-corrected chi connectivity index (χ4v) is 5.00. The quantitative estimate of drug-likeness (QED) is 0.244. The van der Waals surface area contributed by atoms with Crippen molar-refractivity contribution in [2.24, 2.45) is 0 Å². The normalized spacial score (nSPS) is 14.9. The lowest BCUT2D eigenvalue weighted by Crippen LogP contribution is -2.27. The maximum absolute atomic E-state index is 13.1. The van der Waals surface area contributed by atoms with E-state index in [0.717, 1.165) is 43.7 Å². The number of benzene rings is 4. The fraction of sp³-hybridized carbons (Fsp3) is 0.0714. The summed E-state index contributed by atoms with van der Waals surface area (Å²) in [4.78, 5) is 27.5. The van der Waals surface area contributed by atoms with E-state index >= 15 is 0 Å². The second kappa shape index (κ2) is 9.87. The average molecular weight is 530 g/mol. The van der Waals surface area contributed by atoms with E-state index in [4.69, 9.17) is 4.74 Å². The lowest BCUT2D eigenvalue weighted by molar-refractivity contribution is -0.123. The number of thioether (sulfide) groups is 1. The Bertz CT molecular complexity index is 1420. The Kier molecular flexibility index (Phi) is 6.52. The van der Waals surface area contributed by atoms with Gasteiger partial charge in [0, 0.05) is 10.0 Å². The number of imide groups is 1. The van der Waals surface area contributed by atoms with Gasteiger partial charge in [-0.1, -0.05) is 82.7 Å². The molecule has 1 fully saturated rings. The summed E-state index contributed by atoms with van der Waals surface area (Å²) in [6, 6.07) is 29.5. The summed E-state index contributed by atoms with van der Waals surface area (Å²) in [6.45, 7) is 0.648. The number of halogens is 1. The molecule has 0 saturated carbocycles. The van der Waals surface area contributed by atoms with Crippen LogP contribution in [0.25, 0.3) is 16.8 Å². The van der Waals surface area contributed by atoms with Crippen molar-refractivity contribution in [3.05, 3.63) is 117 Å². The zero-order valence-corrected chi connectivity index (χ0v) is 20.5. The summed E-state index contributed by atoms with van der Waals surface area (Å²) in [5.41, 5.74) is 2.70. The minimum atomic E-state index is -0.294. The molecule has 0 aromatic heterocycles. The molecule has 0 radical (unpaired) electrons. The number of carbonyl (C=O) groups excluding carboxylic acids is 2. The van der Waals surface area contributed by atoms with Gasteiger partial charge >= 0.3 is 0 Å². The molecule has 4 aromatic rings. The first kappa shape index (κ1) is 22.4. The van der Waals surface area contributed by atoms with Crippen molar-refractivity contribution in [3.8, 4) is 5.75 Å². The third kappa shape index (κ3) is 4.93. The smallest absolute Gasteiger partial charge is 0.293 e. The van der Waals surface area contributed by atoms with Gasteiger partial charge in [-0.25, -0.2) is 0 Å². The van der Waals surface area contributed by atoms with Crippen molar-refractivity contribution in [2.45, 2.75) is 13.2 Å². The Morgan fingerprint density at radius 2 is 1.59 bits per heavy atom. The lowest BCUT2D eigenvalue weighted by atomic mass is 10.1. The molecule has 1 aliphatic rings. The SMILES string of the molecule is O=C1S/C(=C/c2cc(Br)ccc2OCc2ccccc2)C(=O)N1Cc1ccc2ccccc2c1. The third-order valence-electron chi connectivity index (χ3n) is 5.52. The predicted octanol–water partition coefficient (Wildman–Crippen LogP) is 7.42. The van der Waals surface area contributed by atoms with Crippen LogP contribution in [0.4, 0.5) is 4.79 Å². The average Bonchev–Trinajstić information content (AvgIpc) is 3.11. The molecule has 0 N–H and O–H groups in total. The summed E-state index contributed by atoms with van der Waals surface area (Å²) >= 11 is 4.45. The van der Waals surface area contributed by atoms with Gasteiger partial charge in [0.05, 0.1) is 11.4 Å². The number of carbonyl (C=O) groups is 2. The maximum Gasteiger partial charge on any atom is 0.293 e. The standard InChI is InChI=1S/C28H20BrNO3S/c29-24-12-13-25(33-18-19-6-2-1-3-7-19)23(15-24)16-26-27(31)30(28(32)34-26)17-20-10-11-21-8-4-5-9-22(21)14-20/h1-16H,17-18H2/b26-16+. The molecule has 4 aromatic carbocycles. The first-order chi connectivity index (χ1) is 16.6. The lowest BCUT2D eigenvalue weighted by Gasteiger charge is -2.13. The molecule has 2 amide bonds. The molecule has 0 unspecified atom stereocenters. The fourth-order valence-electron chi connectivity index (χ4n) is 3.80. The highest BCUT2D eigenvalue weighted by molar-refractivity contribution is 9.10. The summed E-state index contributed by atoms with van der Waals surface area (Å²) in [6.07, 6.45) is 1.73. The largest absolute Gasteiger partial charge is 0.488 e. The van der Waals surface area contributed by atoms with Crippen molar-refractivity contribution in [1.82, 2.24) is 4.90 Å². The van der Waals surface area contributed by atoms with E-state index < -0.39 is 0 Å². The Labute approximate surface area is 210 Å². The number of hydrogen-bond acceptors (Lipinski definition) is 4. The van der Waals surface area contributed by atoms with Gasteiger partial charge in [0.2, 0.25) is 0 Å². The van der Waals surface area contributed by atoms with Crippen LogP contribution in [0, 0.1) is 0 Å². The first-order valence-corrected chi connectivity index (χ1v) is 12.4. The van der Waals surface area contributed by atoms with Gasteiger partial charge in [-0.15, -0.1) is 0 Å². The maximum atomic E-state index is 13.1. The number of rotatable bonds is 6.